The molecule has 5 rings (SSSR count). The van der Waals surface area contributed by atoms with E-state index < -0.39 is 23.5 Å². The lowest BCUT2D eigenvalue weighted by Crippen LogP contribution is -2.48. The predicted molar refractivity (Wildman–Crippen MR) is 170 cm³/mol. The molecule has 1 aliphatic heterocycles. The number of benzene rings is 1. The van der Waals surface area contributed by atoms with Crippen LogP contribution in [0.5, 0.6) is 5.88 Å². The van der Waals surface area contributed by atoms with Crippen molar-refractivity contribution < 1.29 is 27.5 Å². The molecule has 0 atom stereocenters. The van der Waals surface area contributed by atoms with Crippen molar-refractivity contribution in [2.75, 3.05) is 49.2 Å². The van der Waals surface area contributed by atoms with Crippen molar-refractivity contribution in [3.8, 4) is 5.88 Å². The fourth-order valence-electron chi connectivity index (χ4n) is 4.85. The second-order valence-corrected chi connectivity index (χ2v) is 10.6. The molecule has 0 saturated carbocycles. The summed E-state index contributed by atoms with van der Waals surface area (Å²) in [6.45, 7) is 7.92. The monoisotopic (exact) mass is 647 g/mol. The van der Waals surface area contributed by atoms with E-state index in [4.69, 9.17) is 4.74 Å². The number of halogens is 3. The van der Waals surface area contributed by atoms with E-state index in [1.807, 2.05) is 0 Å². The zero-order valence-electron chi connectivity index (χ0n) is 25.6. The largest absolute Gasteiger partial charge is 0.481 e. The molecule has 47 heavy (non-hydrogen) atoms. The van der Waals surface area contributed by atoms with Crippen LogP contribution in [0.2, 0.25) is 0 Å². The van der Waals surface area contributed by atoms with Crippen LogP contribution in [0.1, 0.15) is 27.2 Å². The average molecular weight is 648 g/mol. The number of anilines is 5. The molecule has 3 aromatic heterocycles. The quantitative estimate of drug-likeness (QED) is 0.198. The van der Waals surface area contributed by atoms with Crippen LogP contribution >= 0.6 is 0 Å². The van der Waals surface area contributed by atoms with Crippen LogP contribution < -0.4 is 20.7 Å². The van der Waals surface area contributed by atoms with Gasteiger partial charge in [-0.05, 0) is 48.4 Å². The number of rotatable bonds is 10. The third-order valence-corrected chi connectivity index (χ3v) is 7.36. The number of amides is 2. The van der Waals surface area contributed by atoms with Crippen LogP contribution in [0.4, 0.5) is 42.0 Å². The Morgan fingerprint density at radius 2 is 1.77 bits per heavy atom. The number of hydrogen-bond acceptors (Lipinski definition) is 10. The van der Waals surface area contributed by atoms with Crippen molar-refractivity contribution in [2.45, 2.75) is 19.6 Å². The van der Waals surface area contributed by atoms with E-state index in [-0.39, 0.29) is 23.2 Å². The van der Waals surface area contributed by atoms with Crippen molar-refractivity contribution in [1.82, 2.24) is 29.7 Å². The summed E-state index contributed by atoms with van der Waals surface area (Å²) in [6, 6.07) is 11.8. The lowest BCUT2D eigenvalue weighted by atomic mass is 10.1. The zero-order chi connectivity index (χ0) is 33.6. The Kier molecular flexibility index (Phi) is 9.94. The molecular formula is C32H32F3N9O3. The van der Waals surface area contributed by atoms with E-state index in [0.717, 1.165) is 11.6 Å². The smallest absolute Gasteiger partial charge is 0.421 e. The number of ether oxygens (including phenoxy) is 1. The van der Waals surface area contributed by atoms with Crippen molar-refractivity contribution in [3.63, 3.8) is 0 Å². The van der Waals surface area contributed by atoms with Crippen LogP contribution in [-0.2, 0) is 17.5 Å². The number of alkyl halides is 3. The number of aromatic nitrogens is 4. The van der Waals surface area contributed by atoms with Gasteiger partial charge in [-0.3, -0.25) is 19.5 Å². The van der Waals surface area contributed by atoms with Gasteiger partial charge < -0.3 is 25.6 Å². The summed E-state index contributed by atoms with van der Waals surface area (Å²) in [7, 11) is 1.44. The molecule has 1 fully saturated rings. The van der Waals surface area contributed by atoms with Crippen LogP contribution in [-0.4, -0.2) is 74.8 Å². The number of methoxy groups -OCH3 is 1. The summed E-state index contributed by atoms with van der Waals surface area (Å²) in [4.78, 5) is 45.2. The Balaban J connectivity index is 1.36. The molecule has 12 nitrogen and oxygen atoms in total. The van der Waals surface area contributed by atoms with Crippen LogP contribution in [0, 0.1) is 6.92 Å². The van der Waals surface area contributed by atoms with Crippen LogP contribution in [0.3, 0.4) is 0 Å². The molecule has 0 aliphatic carbocycles. The van der Waals surface area contributed by atoms with Gasteiger partial charge in [0, 0.05) is 57.4 Å². The number of carbonyl (C=O) groups excluding carboxylic acids is 2. The Morgan fingerprint density at radius 1 is 0.979 bits per heavy atom. The number of nitrogens with zero attached hydrogens (tertiary/aromatic N) is 6. The standard InChI is InChI=1S/C32H32F3N9O3/c1-4-27(45)39-26-15-21(19-43-11-13-44(14-12-43)30(46)24-7-5-6-10-36-24)8-9-23(26)40-29-22(32(33,34)35)18-38-31(42-29)41-25-16-28(47-3)37-17-20(25)2/h4-10,15-18H,1,11-14,19H2,2-3H3,(H,39,45)(H2,37,38,40,41,42). The molecule has 15 heteroatoms. The van der Waals surface area contributed by atoms with Gasteiger partial charge in [0.25, 0.3) is 5.91 Å². The van der Waals surface area contributed by atoms with E-state index in [2.05, 4.69) is 47.4 Å². The molecule has 0 radical (unpaired) electrons. The Labute approximate surface area is 268 Å². The van der Waals surface area contributed by atoms with Gasteiger partial charge in [-0.1, -0.05) is 18.7 Å². The normalized spacial score (nSPS) is 13.5. The number of hydrogen-bond donors (Lipinski definition) is 3. The summed E-state index contributed by atoms with van der Waals surface area (Å²) in [5, 5.41) is 8.33. The highest BCUT2D eigenvalue weighted by molar-refractivity contribution is 6.01. The first-order valence-electron chi connectivity index (χ1n) is 14.5. The maximum atomic E-state index is 14.1. The van der Waals surface area contributed by atoms with Crippen LogP contribution in [0.25, 0.3) is 0 Å². The summed E-state index contributed by atoms with van der Waals surface area (Å²) < 4.78 is 47.3. The lowest BCUT2D eigenvalue weighted by Gasteiger charge is -2.34. The molecule has 3 N–H and O–H groups in total. The number of nitrogens with one attached hydrogen (secondary N) is 3. The topological polar surface area (TPSA) is 138 Å². The van der Waals surface area contributed by atoms with Gasteiger partial charge in [-0.2, -0.15) is 18.2 Å². The molecule has 4 heterocycles. The number of aryl methyl sites for hydroxylation is 1. The first-order valence-corrected chi connectivity index (χ1v) is 14.5. The summed E-state index contributed by atoms with van der Waals surface area (Å²) >= 11 is 0. The average Bonchev–Trinajstić information content (AvgIpc) is 3.07. The summed E-state index contributed by atoms with van der Waals surface area (Å²) in [5.74, 6) is -1.01. The van der Waals surface area contributed by atoms with E-state index in [0.29, 0.717) is 61.7 Å². The molecule has 1 saturated heterocycles. The molecule has 0 unspecified atom stereocenters. The highest BCUT2D eigenvalue weighted by atomic mass is 19.4. The lowest BCUT2D eigenvalue weighted by molar-refractivity contribution is -0.137. The molecule has 0 spiro atoms. The maximum absolute atomic E-state index is 14.1. The van der Waals surface area contributed by atoms with Crippen molar-refractivity contribution in [3.05, 3.63) is 96.1 Å². The second kappa shape index (κ2) is 14.2. The van der Waals surface area contributed by atoms with Gasteiger partial charge in [-0.15, -0.1) is 0 Å². The molecule has 244 valence electrons. The van der Waals surface area contributed by atoms with Crippen molar-refractivity contribution in [2.24, 2.45) is 0 Å². The Hall–Kier alpha value is -5.57. The predicted octanol–water partition coefficient (Wildman–Crippen LogP) is 5.17. The SMILES string of the molecule is C=CC(=O)Nc1cc(CN2CCN(C(=O)c3ccccn3)CC2)ccc1Nc1nc(Nc2cc(OC)ncc2C)ncc1C(F)(F)F. The highest BCUT2D eigenvalue weighted by Gasteiger charge is 2.35. The fraction of sp³-hybridized carbons (Fsp3) is 0.250. The Morgan fingerprint density at radius 3 is 2.45 bits per heavy atom. The Bertz CT molecular complexity index is 1760. The van der Waals surface area contributed by atoms with Gasteiger partial charge in [0.05, 0.1) is 24.2 Å². The summed E-state index contributed by atoms with van der Waals surface area (Å²) in [6.07, 6.45) is 0.0905. The number of piperazine rings is 1. The third-order valence-electron chi connectivity index (χ3n) is 7.36. The third kappa shape index (κ3) is 8.18. The number of carbonyl (C=O) groups is 2. The molecule has 2 amide bonds. The summed E-state index contributed by atoms with van der Waals surface area (Å²) in [5.41, 5.74) is 1.67. The molecular weight excluding hydrogens is 615 g/mol. The second-order valence-electron chi connectivity index (χ2n) is 10.6. The van der Waals surface area contributed by atoms with E-state index in [9.17, 15) is 22.8 Å². The first kappa shape index (κ1) is 32.8. The number of pyridine rings is 2. The van der Waals surface area contributed by atoms with Gasteiger partial charge in [0.15, 0.2) is 0 Å². The van der Waals surface area contributed by atoms with Crippen LogP contribution in [0.15, 0.2) is 73.7 Å². The van der Waals surface area contributed by atoms with Crippen molar-refractivity contribution >= 4 is 40.6 Å². The first-order chi connectivity index (χ1) is 22.5. The molecule has 1 aromatic carbocycles. The van der Waals surface area contributed by atoms with Gasteiger partial charge in [-0.25, -0.2) is 9.97 Å². The van der Waals surface area contributed by atoms with Gasteiger partial charge in [0.2, 0.25) is 17.7 Å². The van der Waals surface area contributed by atoms with Gasteiger partial charge in [0.1, 0.15) is 17.1 Å². The maximum Gasteiger partial charge on any atom is 0.421 e. The van der Waals surface area contributed by atoms with E-state index >= 15 is 0 Å². The highest BCUT2D eigenvalue weighted by Crippen LogP contribution is 2.37. The van der Waals surface area contributed by atoms with Gasteiger partial charge >= 0.3 is 6.18 Å². The molecule has 0 bridgehead atoms. The van der Waals surface area contributed by atoms with E-state index in [1.165, 1.54) is 7.11 Å². The molecule has 4 aromatic rings. The minimum atomic E-state index is -4.78. The molecule has 1 aliphatic rings. The minimum Gasteiger partial charge on any atom is -0.481 e. The fourth-order valence-corrected chi connectivity index (χ4v) is 4.85. The minimum absolute atomic E-state index is 0.106. The van der Waals surface area contributed by atoms with E-state index in [1.54, 1.807) is 66.7 Å². The van der Waals surface area contributed by atoms with Crippen molar-refractivity contribution in [1.29, 1.82) is 0 Å². The zero-order valence-corrected chi connectivity index (χ0v) is 25.6.